The Morgan fingerprint density at radius 1 is 0.967 bits per heavy atom. The van der Waals surface area contributed by atoms with Crippen LogP contribution in [0.1, 0.15) is 11.7 Å². The van der Waals surface area contributed by atoms with Crippen LogP contribution in [0.5, 0.6) is 5.75 Å². The highest BCUT2D eigenvalue weighted by atomic mass is 32.1. The normalized spacial score (nSPS) is 11.9. The zero-order valence-corrected chi connectivity index (χ0v) is 17.3. The topological polar surface area (TPSA) is 67.3 Å². The fourth-order valence-corrected chi connectivity index (χ4v) is 3.85. The Morgan fingerprint density at radius 3 is 2.57 bits per heavy atom. The van der Waals surface area contributed by atoms with Gasteiger partial charge in [-0.3, -0.25) is 4.98 Å². The van der Waals surface area contributed by atoms with Gasteiger partial charge in [-0.15, -0.1) is 11.3 Å². The predicted molar refractivity (Wildman–Crippen MR) is 121 cm³/mol. The van der Waals surface area contributed by atoms with Crippen LogP contribution in [0.3, 0.4) is 0 Å². The Kier molecular flexibility index (Phi) is 6.82. The standard InChI is InChI=1S/C24H23N3O2S/c28-23(20-7-4-12-25-15-20)16-26-13-14-29-21-10-8-19(9-11-21)24-27-22(17-30-24)18-5-2-1-3-6-18/h1-12,15,17,23,26,28H,13-14,16H2/t23-/m0/s1. The van der Waals surface area contributed by atoms with Crippen molar-refractivity contribution >= 4 is 11.3 Å². The molecule has 0 saturated heterocycles. The highest BCUT2D eigenvalue weighted by Crippen LogP contribution is 2.29. The summed E-state index contributed by atoms with van der Waals surface area (Å²) in [6.07, 6.45) is 2.80. The van der Waals surface area contributed by atoms with E-state index in [-0.39, 0.29) is 0 Å². The van der Waals surface area contributed by atoms with Gasteiger partial charge < -0.3 is 15.2 Å². The van der Waals surface area contributed by atoms with Crippen molar-refractivity contribution in [2.24, 2.45) is 0 Å². The first-order valence-electron chi connectivity index (χ1n) is 9.82. The van der Waals surface area contributed by atoms with E-state index < -0.39 is 6.10 Å². The molecular formula is C24H23N3O2S. The van der Waals surface area contributed by atoms with Crippen LogP contribution in [-0.2, 0) is 0 Å². The highest BCUT2D eigenvalue weighted by Gasteiger charge is 2.08. The number of thiazole rings is 1. The second-order valence-corrected chi connectivity index (χ2v) is 7.64. The van der Waals surface area contributed by atoms with Crippen molar-refractivity contribution < 1.29 is 9.84 Å². The number of hydrogen-bond donors (Lipinski definition) is 2. The van der Waals surface area contributed by atoms with E-state index in [1.54, 1.807) is 23.7 Å². The van der Waals surface area contributed by atoms with E-state index in [0.29, 0.717) is 19.7 Å². The molecule has 4 rings (SSSR count). The summed E-state index contributed by atoms with van der Waals surface area (Å²) in [4.78, 5) is 8.77. The first kappa shape index (κ1) is 20.2. The van der Waals surface area contributed by atoms with Gasteiger partial charge in [0.15, 0.2) is 0 Å². The Labute approximate surface area is 180 Å². The van der Waals surface area contributed by atoms with Gasteiger partial charge in [0.1, 0.15) is 17.4 Å². The Hall–Kier alpha value is -3.06. The van der Waals surface area contributed by atoms with Gasteiger partial charge in [-0.1, -0.05) is 36.4 Å². The molecule has 0 aliphatic heterocycles. The maximum atomic E-state index is 10.1. The minimum atomic E-state index is -0.572. The number of aliphatic hydroxyl groups excluding tert-OH is 1. The molecule has 1 atom stereocenters. The van der Waals surface area contributed by atoms with Crippen LogP contribution in [-0.4, -0.2) is 34.8 Å². The third-order valence-corrected chi connectivity index (χ3v) is 5.52. The van der Waals surface area contributed by atoms with Crippen LogP contribution in [0, 0.1) is 0 Å². The minimum Gasteiger partial charge on any atom is -0.492 e. The smallest absolute Gasteiger partial charge is 0.124 e. The third kappa shape index (κ3) is 5.30. The van der Waals surface area contributed by atoms with Crippen molar-refractivity contribution in [2.75, 3.05) is 19.7 Å². The summed E-state index contributed by atoms with van der Waals surface area (Å²) in [7, 11) is 0. The number of pyridine rings is 1. The summed E-state index contributed by atoms with van der Waals surface area (Å²) in [5.41, 5.74) is 4.00. The third-order valence-electron chi connectivity index (χ3n) is 4.63. The molecule has 0 bridgehead atoms. The minimum absolute atomic E-state index is 0.460. The van der Waals surface area contributed by atoms with Gasteiger partial charge >= 0.3 is 0 Å². The number of benzene rings is 2. The number of ether oxygens (including phenoxy) is 1. The Morgan fingerprint density at radius 2 is 1.80 bits per heavy atom. The Bertz CT molecular complexity index is 1040. The first-order chi connectivity index (χ1) is 14.8. The van der Waals surface area contributed by atoms with E-state index in [1.165, 1.54) is 0 Å². The van der Waals surface area contributed by atoms with Crippen LogP contribution >= 0.6 is 11.3 Å². The van der Waals surface area contributed by atoms with E-state index in [2.05, 4.69) is 27.8 Å². The van der Waals surface area contributed by atoms with Crippen molar-refractivity contribution in [1.29, 1.82) is 0 Å². The second-order valence-electron chi connectivity index (χ2n) is 6.78. The number of hydrogen-bond acceptors (Lipinski definition) is 6. The average Bonchev–Trinajstić information content (AvgIpc) is 3.31. The lowest BCUT2D eigenvalue weighted by Gasteiger charge is -2.12. The lowest BCUT2D eigenvalue weighted by molar-refractivity contribution is 0.171. The van der Waals surface area contributed by atoms with Crippen molar-refractivity contribution in [1.82, 2.24) is 15.3 Å². The molecule has 2 aromatic heterocycles. The number of aliphatic hydroxyl groups is 1. The quantitative estimate of drug-likeness (QED) is 0.390. The lowest BCUT2D eigenvalue weighted by Crippen LogP contribution is -2.26. The van der Waals surface area contributed by atoms with Crippen LogP contribution in [0.25, 0.3) is 21.8 Å². The van der Waals surface area contributed by atoms with Crippen molar-refractivity contribution in [3.63, 3.8) is 0 Å². The summed E-state index contributed by atoms with van der Waals surface area (Å²) < 4.78 is 5.79. The van der Waals surface area contributed by atoms with Crippen LogP contribution in [0.2, 0.25) is 0 Å². The molecule has 0 radical (unpaired) electrons. The van der Waals surface area contributed by atoms with E-state index in [4.69, 9.17) is 9.72 Å². The molecule has 6 heteroatoms. The summed E-state index contributed by atoms with van der Waals surface area (Å²) in [6.45, 7) is 1.63. The van der Waals surface area contributed by atoms with E-state index >= 15 is 0 Å². The Balaban J connectivity index is 1.24. The van der Waals surface area contributed by atoms with E-state index in [1.807, 2.05) is 54.6 Å². The zero-order valence-electron chi connectivity index (χ0n) is 16.4. The fourth-order valence-electron chi connectivity index (χ4n) is 3.01. The SMILES string of the molecule is O[C@@H](CNCCOc1ccc(-c2nc(-c3ccccc3)cs2)cc1)c1cccnc1. The molecule has 30 heavy (non-hydrogen) atoms. The van der Waals surface area contributed by atoms with Crippen molar-refractivity contribution in [3.8, 4) is 27.6 Å². The summed E-state index contributed by atoms with van der Waals surface area (Å²) >= 11 is 1.64. The molecule has 0 amide bonds. The molecule has 0 aliphatic carbocycles. The molecule has 5 nitrogen and oxygen atoms in total. The number of nitrogens with zero attached hydrogens (tertiary/aromatic N) is 2. The molecule has 0 unspecified atom stereocenters. The zero-order chi connectivity index (χ0) is 20.6. The molecule has 4 aromatic rings. The fraction of sp³-hybridized carbons (Fsp3) is 0.167. The van der Waals surface area contributed by atoms with E-state index in [0.717, 1.165) is 33.1 Å². The van der Waals surface area contributed by atoms with Crippen molar-refractivity contribution in [2.45, 2.75) is 6.10 Å². The van der Waals surface area contributed by atoms with Gasteiger partial charge in [-0.25, -0.2) is 4.98 Å². The van der Waals surface area contributed by atoms with Gasteiger partial charge in [0, 0.05) is 47.6 Å². The van der Waals surface area contributed by atoms with Crippen LogP contribution in [0.15, 0.2) is 84.5 Å². The largest absolute Gasteiger partial charge is 0.492 e. The van der Waals surface area contributed by atoms with Crippen molar-refractivity contribution in [3.05, 3.63) is 90.1 Å². The second kappa shape index (κ2) is 10.1. The van der Waals surface area contributed by atoms with Crippen LogP contribution in [0.4, 0.5) is 0 Å². The predicted octanol–water partition coefficient (Wildman–Crippen LogP) is 4.57. The number of rotatable bonds is 9. The maximum Gasteiger partial charge on any atom is 0.124 e. The number of aromatic nitrogens is 2. The molecule has 152 valence electrons. The molecule has 2 heterocycles. The average molecular weight is 418 g/mol. The van der Waals surface area contributed by atoms with Gasteiger partial charge in [0.25, 0.3) is 0 Å². The summed E-state index contributed by atoms with van der Waals surface area (Å²) in [6, 6.07) is 21.9. The molecule has 0 spiro atoms. The molecule has 0 aliphatic rings. The van der Waals surface area contributed by atoms with Gasteiger partial charge in [0.2, 0.25) is 0 Å². The molecule has 0 saturated carbocycles. The summed E-state index contributed by atoms with van der Waals surface area (Å²) in [5.74, 6) is 0.813. The van der Waals surface area contributed by atoms with Crippen LogP contribution < -0.4 is 10.1 Å². The number of nitrogens with one attached hydrogen (secondary N) is 1. The monoisotopic (exact) mass is 417 g/mol. The van der Waals surface area contributed by atoms with Gasteiger partial charge in [-0.05, 0) is 30.3 Å². The molecular weight excluding hydrogens is 394 g/mol. The summed E-state index contributed by atoms with van der Waals surface area (Å²) in [5, 5.41) is 16.4. The maximum absolute atomic E-state index is 10.1. The van der Waals surface area contributed by atoms with E-state index in [9.17, 15) is 5.11 Å². The lowest BCUT2D eigenvalue weighted by atomic mass is 10.1. The highest BCUT2D eigenvalue weighted by molar-refractivity contribution is 7.13. The van der Waals surface area contributed by atoms with Gasteiger partial charge in [0.05, 0.1) is 11.8 Å². The molecule has 2 aromatic carbocycles. The van der Waals surface area contributed by atoms with Gasteiger partial charge in [-0.2, -0.15) is 0 Å². The molecule has 0 fully saturated rings. The molecule has 2 N–H and O–H groups in total. The first-order valence-corrected chi connectivity index (χ1v) is 10.7.